The number of halogens is 2. The lowest BCUT2D eigenvalue weighted by Gasteiger charge is -2.33. The summed E-state index contributed by atoms with van der Waals surface area (Å²) >= 11 is 6.03. The van der Waals surface area contributed by atoms with Gasteiger partial charge < -0.3 is 10.2 Å². The van der Waals surface area contributed by atoms with Crippen molar-refractivity contribution >= 4 is 39.1 Å². The van der Waals surface area contributed by atoms with Gasteiger partial charge in [-0.1, -0.05) is 44.0 Å². The van der Waals surface area contributed by atoms with Crippen molar-refractivity contribution in [2.75, 3.05) is 23.7 Å². The van der Waals surface area contributed by atoms with Gasteiger partial charge in [-0.2, -0.15) is 0 Å². The number of unbranched alkanes of at least 4 members (excludes halogenated alkanes) is 1. The molecule has 2 aromatic rings. The van der Waals surface area contributed by atoms with Gasteiger partial charge in [-0.25, -0.2) is 12.8 Å². The summed E-state index contributed by atoms with van der Waals surface area (Å²) in [6.45, 7) is 5.50. The highest BCUT2D eigenvalue weighted by Gasteiger charge is 2.32. The molecule has 0 saturated carbocycles. The second-order valence-electron chi connectivity index (χ2n) is 8.42. The normalized spacial score (nSPS) is 12.2. The van der Waals surface area contributed by atoms with Gasteiger partial charge in [0.25, 0.3) is 0 Å². The molecule has 2 rings (SSSR count). The number of aryl methyl sites for hydroxylation is 1. The summed E-state index contributed by atoms with van der Waals surface area (Å²) in [5.41, 5.74) is 1.53. The highest BCUT2D eigenvalue weighted by Crippen LogP contribution is 2.26. The van der Waals surface area contributed by atoms with Crippen LogP contribution in [0.25, 0.3) is 0 Å². The maximum Gasteiger partial charge on any atom is 0.244 e. The molecule has 192 valence electrons. The Hall–Kier alpha value is -2.65. The van der Waals surface area contributed by atoms with Crippen molar-refractivity contribution in [3.05, 3.63) is 64.4 Å². The van der Waals surface area contributed by atoms with Crippen molar-refractivity contribution in [3.8, 4) is 0 Å². The van der Waals surface area contributed by atoms with E-state index in [9.17, 15) is 22.4 Å². The molecule has 35 heavy (non-hydrogen) atoms. The molecule has 1 unspecified atom stereocenters. The molecule has 0 radical (unpaired) electrons. The Bertz CT molecular complexity index is 1130. The zero-order valence-electron chi connectivity index (χ0n) is 20.6. The molecule has 0 saturated heterocycles. The average Bonchev–Trinajstić information content (AvgIpc) is 2.78. The molecule has 0 bridgehead atoms. The lowest BCUT2D eigenvalue weighted by atomic mass is 10.1. The first kappa shape index (κ1) is 28.6. The molecule has 0 aliphatic heterocycles. The highest BCUT2D eigenvalue weighted by molar-refractivity contribution is 7.92. The van der Waals surface area contributed by atoms with Crippen molar-refractivity contribution in [1.29, 1.82) is 0 Å². The molecule has 0 heterocycles. The first-order valence-electron chi connectivity index (χ1n) is 11.5. The quantitative estimate of drug-likeness (QED) is 0.419. The van der Waals surface area contributed by atoms with E-state index in [1.807, 2.05) is 6.92 Å². The predicted octanol–water partition coefficient (Wildman–Crippen LogP) is 4.28. The summed E-state index contributed by atoms with van der Waals surface area (Å²) in [5.74, 6) is -1.28. The topological polar surface area (TPSA) is 86.8 Å². The largest absolute Gasteiger partial charge is 0.354 e. The minimum Gasteiger partial charge on any atom is -0.354 e. The van der Waals surface area contributed by atoms with Crippen LogP contribution in [0.1, 0.15) is 44.2 Å². The molecule has 2 amide bonds. The molecule has 2 aromatic carbocycles. The third-order valence-corrected chi connectivity index (χ3v) is 6.95. The number of rotatable bonds is 12. The minimum atomic E-state index is -3.84. The van der Waals surface area contributed by atoms with Gasteiger partial charge in [0.1, 0.15) is 18.4 Å². The summed E-state index contributed by atoms with van der Waals surface area (Å²) in [7, 11) is -3.84. The van der Waals surface area contributed by atoms with Crippen LogP contribution in [0.2, 0.25) is 5.02 Å². The molecule has 7 nitrogen and oxygen atoms in total. The Labute approximate surface area is 212 Å². The first-order chi connectivity index (χ1) is 16.5. The predicted molar refractivity (Wildman–Crippen MR) is 137 cm³/mol. The van der Waals surface area contributed by atoms with Crippen LogP contribution in [0.15, 0.2) is 42.5 Å². The fourth-order valence-corrected chi connectivity index (χ4v) is 4.84. The Morgan fingerprint density at radius 3 is 2.31 bits per heavy atom. The van der Waals surface area contributed by atoms with Gasteiger partial charge in [0.2, 0.25) is 21.8 Å². The number of anilines is 1. The van der Waals surface area contributed by atoms with E-state index in [0.29, 0.717) is 34.8 Å². The van der Waals surface area contributed by atoms with Crippen LogP contribution >= 0.6 is 11.6 Å². The number of nitrogens with zero attached hydrogens (tertiary/aromatic N) is 2. The van der Waals surface area contributed by atoms with Crippen LogP contribution in [0.4, 0.5) is 10.1 Å². The van der Waals surface area contributed by atoms with E-state index >= 15 is 0 Å². The van der Waals surface area contributed by atoms with E-state index in [4.69, 9.17) is 11.6 Å². The monoisotopic (exact) mass is 525 g/mol. The Morgan fingerprint density at radius 1 is 1.11 bits per heavy atom. The van der Waals surface area contributed by atoms with E-state index in [2.05, 4.69) is 5.32 Å². The fourth-order valence-electron chi connectivity index (χ4n) is 3.71. The number of carbonyl (C=O) groups excluding carboxylic acids is 2. The number of hydrogen-bond acceptors (Lipinski definition) is 4. The lowest BCUT2D eigenvalue weighted by Crippen LogP contribution is -2.52. The molecule has 0 aliphatic rings. The van der Waals surface area contributed by atoms with Crippen LogP contribution in [-0.4, -0.2) is 50.5 Å². The first-order valence-corrected chi connectivity index (χ1v) is 13.8. The zero-order valence-corrected chi connectivity index (χ0v) is 22.1. The Kier molecular flexibility index (Phi) is 10.5. The summed E-state index contributed by atoms with van der Waals surface area (Å²) in [6.07, 6.45) is 3.04. The van der Waals surface area contributed by atoms with Crippen molar-refractivity contribution < 1.29 is 22.4 Å². The smallest absolute Gasteiger partial charge is 0.244 e. The molecule has 1 atom stereocenters. The fraction of sp³-hybridized carbons (Fsp3) is 0.440. The van der Waals surface area contributed by atoms with Gasteiger partial charge >= 0.3 is 0 Å². The minimum absolute atomic E-state index is 0.0238. The number of sulfonamides is 1. The molecular formula is C25H33ClFN3O4S. The second kappa shape index (κ2) is 12.9. The van der Waals surface area contributed by atoms with Gasteiger partial charge in [-0.15, -0.1) is 0 Å². The van der Waals surface area contributed by atoms with E-state index in [1.165, 1.54) is 29.2 Å². The standard InChI is InChI=1S/C25H33ClFN3O4S/c1-5-7-14-28-25(32)22(6-2)29(16-19-8-11-21(27)12-9-19)24(31)17-30(35(4,33)34)23-13-10-20(26)15-18(23)3/h8-13,15,22H,5-7,14,16-17H2,1-4H3,(H,28,32). The average molecular weight is 526 g/mol. The molecule has 0 aromatic heterocycles. The molecule has 0 fully saturated rings. The summed E-state index contributed by atoms with van der Waals surface area (Å²) in [5, 5.41) is 3.30. The second-order valence-corrected chi connectivity index (χ2v) is 10.8. The van der Waals surface area contributed by atoms with Crippen LogP contribution in [0, 0.1) is 12.7 Å². The van der Waals surface area contributed by atoms with Crippen molar-refractivity contribution in [3.63, 3.8) is 0 Å². The lowest BCUT2D eigenvalue weighted by molar-refractivity contribution is -0.140. The summed E-state index contributed by atoms with van der Waals surface area (Å²) in [6, 6.07) is 9.53. The Balaban J connectivity index is 2.42. The van der Waals surface area contributed by atoms with E-state index in [-0.39, 0.29) is 12.5 Å². The van der Waals surface area contributed by atoms with Gasteiger partial charge in [0, 0.05) is 18.1 Å². The van der Waals surface area contributed by atoms with Gasteiger partial charge in [-0.05, 0) is 61.2 Å². The van der Waals surface area contributed by atoms with Crippen molar-refractivity contribution in [2.24, 2.45) is 0 Å². The van der Waals surface area contributed by atoms with Crippen LogP contribution in [0.3, 0.4) is 0 Å². The van der Waals surface area contributed by atoms with Gasteiger partial charge in [0.05, 0.1) is 11.9 Å². The number of benzene rings is 2. The molecule has 1 N–H and O–H groups in total. The molecule has 0 aliphatic carbocycles. The summed E-state index contributed by atoms with van der Waals surface area (Å²) in [4.78, 5) is 27.9. The van der Waals surface area contributed by atoms with Crippen LogP contribution in [0.5, 0.6) is 0 Å². The van der Waals surface area contributed by atoms with Crippen molar-refractivity contribution in [2.45, 2.75) is 52.6 Å². The van der Waals surface area contributed by atoms with Gasteiger partial charge in [-0.3, -0.25) is 13.9 Å². The van der Waals surface area contributed by atoms with E-state index < -0.39 is 34.3 Å². The maximum atomic E-state index is 13.6. The number of amides is 2. The Morgan fingerprint density at radius 2 is 1.77 bits per heavy atom. The third-order valence-electron chi connectivity index (χ3n) is 5.59. The SMILES string of the molecule is CCCCNC(=O)C(CC)N(Cc1ccc(F)cc1)C(=O)CN(c1ccc(Cl)cc1C)S(C)(=O)=O. The van der Waals surface area contributed by atoms with Gasteiger partial charge in [0.15, 0.2) is 0 Å². The number of hydrogen-bond donors (Lipinski definition) is 1. The zero-order chi connectivity index (χ0) is 26.2. The van der Waals surface area contributed by atoms with Crippen LogP contribution < -0.4 is 9.62 Å². The summed E-state index contributed by atoms with van der Waals surface area (Å²) < 4.78 is 39.8. The van der Waals surface area contributed by atoms with E-state index in [0.717, 1.165) is 23.4 Å². The number of carbonyl (C=O) groups is 2. The number of nitrogens with one attached hydrogen (secondary N) is 1. The van der Waals surface area contributed by atoms with Crippen molar-refractivity contribution in [1.82, 2.24) is 10.2 Å². The molecular weight excluding hydrogens is 493 g/mol. The maximum absolute atomic E-state index is 13.6. The third kappa shape index (κ3) is 8.21. The van der Waals surface area contributed by atoms with E-state index in [1.54, 1.807) is 32.0 Å². The highest BCUT2D eigenvalue weighted by atomic mass is 35.5. The van der Waals surface area contributed by atoms with Crippen LogP contribution in [-0.2, 0) is 26.2 Å². The molecule has 10 heteroatoms. The molecule has 0 spiro atoms.